The summed E-state index contributed by atoms with van der Waals surface area (Å²) in [6.07, 6.45) is 9.83. The number of rotatable bonds is 1. The molecule has 0 aliphatic heterocycles. The van der Waals surface area contributed by atoms with E-state index in [1.807, 2.05) is 6.08 Å². The second-order valence-electron chi connectivity index (χ2n) is 9.18. The summed E-state index contributed by atoms with van der Waals surface area (Å²) in [5, 5.41) is 10.0. The number of aliphatic hydroxyl groups excluding tert-OH is 1. The van der Waals surface area contributed by atoms with Gasteiger partial charge in [0.05, 0.1) is 6.10 Å². The molecule has 4 aliphatic carbocycles. The molecule has 0 saturated heterocycles. The van der Waals surface area contributed by atoms with Gasteiger partial charge >= 0.3 is 5.97 Å². The maximum atomic E-state index is 14.7. The Morgan fingerprint density at radius 1 is 1.32 bits per heavy atom. The van der Waals surface area contributed by atoms with Crippen LogP contribution in [0.4, 0.5) is 4.39 Å². The van der Waals surface area contributed by atoms with Crippen LogP contribution in [-0.4, -0.2) is 23.3 Å². The Hall–Kier alpha value is -1.16. The van der Waals surface area contributed by atoms with Gasteiger partial charge in [0.25, 0.3) is 0 Å². The van der Waals surface area contributed by atoms with Gasteiger partial charge in [0, 0.05) is 12.3 Å². The van der Waals surface area contributed by atoms with Gasteiger partial charge in [-0.3, -0.25) is 4.79 Å². The maximum absolute atomic E-state index is 14.7. The van der Waals surface area contributed by atoms with E-state index in [0.29, 0.717) is 17.8 Å². The minimum atomic E-state index is -0.717. The largest absolute Gasteiger partial charge is 0.455 e. The average Bonchev–Trinajstić information content (AvgIpc) is 2.79. The fourth-order valence-electron chi connectivity index (χ4n) is 6.62. The van der Waals surface area contributed by atoms with Crippen molar-refractivity contribution >= 4 is 5.97 Å². The molecule has 4 aliphatic rings. The lowest BCUT2D eigenvalue weighted by Crippen LogP contribution is -2.53. The number of aliphatic hydroxyl groups is 1. The SMILES string of the molecule is CC(=O)OC1C(F)=C[C@H]2[C@@H]3CCC4CC(O)C=C[C@]4(C)[C@@H]3CC[C@]12C. The first-order chi connectivity index (χ1) is 11.8. The van der Waals surface area contributed by atoms with Gasteiger partial charge in [-0.2, -0.15) is 0 Å². The van der Waals surface area contributed by atoms with Gasteiger partial charge in [0.15, 0.2) is 6.10 Å². The third kappa shape index (κ3) is 2.43. The third-order valence-corrected chi connectivity index (χ3v) is 7.94. The summed E-state index contributed by atoms with van der Waals surface area (Å²) in [7, 11) is 0. The van der Waals surface area contributed by atoms with Gasteiger partial charge in [-0.05, 0) is 67.3 Å². The van der Waals surface area contributed by atoms with Crippen molar-refractivity contribution in [3.05, 3.63) is 24.1 Å². The highest BCUT2D eigenvalue weighted by Crippen LogP contribution is 2.65. The van der Waals surface area contributed by atoms with Gasteiger partial charge in [0.2, 0.25) is 0 Å². The van der Waals surface area contributed by atoms with Crippen LogP contribution in [0.15, 0.2) is 24.1 Å². The summed E-state index contributed by atoms with van der Waals surface area (Å²) in [5.41, 5.74) is -0.231. The van der Waals surface area contributed by atoms with Crippen LogP contribution >= 0.6 is 0 Å². The number of carbonyl (C=O) groups is 1. The highest BCUT2D eigenvalue weighted by molar-refractivity contribution is 5.66. The van der Waals surface area contributed by atoms with Crippen molar-refractivity contribution in [1.82, 2.24) is 0 Å². The first-order valence-corrected chi connectivity index (χ1v) is 9.67. The zero-order chi connectivity index (χ0) is 18.0. The van der Waals surface area contributed by atoms with E-state index in [1.165, 1.54) is 6.92 Å². The van der Waals surface area contributed by atoms with Crippen LogP contribution in [0.2, 0.25) is 0 Å². The molecule has 2 fully saturated rings. The zero-order valence-corrected chi connectivity index (χ0v) is 15.4. The molecule has 4 heteroatoms. The van der Waals surface area contributed by atoms with Crippen molar-refractivity contribution in [1.29, 1.82) is 0 Å². The Bertz CT molecular complexity index is 641. The summed E-state index contributed by atoms with van der Waals surface area (Å²) in [5.74, 6) is 0.910. The standard InChI is InChI=1S/C21H29FO3/c1-12(23)25-19-18(22)11-17-15-5-4-13-10-14(24)6-8-20(13,2)16(15)7-9-21(17,19)3/h6,8,11,13-17,19,24H,4-5,7,9-10H2,1-3H3/t13?,14?,15-,16-,17+,19?,20+,21+/m1/s1. The van der Waals surface area contributed by atoms with Gasteiger partial charge < -0.3 is 9.84 Å². The van der Waals surface area contributed by atoms with Crippen molar-refractivity contribution in [3.63, 3.8) is 0 Å². The number of carbonyl (C=O) groups excluding carboxylic acids is 1. The van der Waals surface area contributed by atoms with Gasteiger partial charge in [-0.25, -0.2) is 4.39 Å². The molecule has 0 bridgehead atoms. The summed E-state index contributed by atoms with van der Waals surface area (Å²) in [4.78, 5) is 11.5. The van der Waals surface area contributed by atoms with E-state index in [2.05, 4.69) is 19.9 Å². The fraction of sp³-hybridized carbons (Fsp3) is 0.762. The molecule has 138 valence electrons. The second kappa shape index (κ2) is 5.67. The van der Waals surface area contributed by atoms with Crippen LogP contribution in [0.25, 0.3) is 0 Å². The quantitative estimate of drug-likeness (QED) is 0.571. The lowest BCUT2D eigenvalue weighted by atomic mass is 9.46. The zero-order valence-electron chi connectivity index (χ0n) is 15.4. The molecule has 8 atom stereocenters. The Balaban J connectivity index is 1.66. The number of hydrogen-bond acceptors (Lipinski definition) is 3. The summed E-state index contributed by atoms with van der Waals surface area (Å²) >= 11 is 0. The highest BCUT2D eigenvalue weighted by Gasteiger charge is 2.61. The summed E-state index contributed by atoms with van der Waals surface area (Å²) < 4.78 is 20.1. The fourth-order valence-corrected chi connectivity index (χ4v) is 6.62. The van der Waals surface area contributed by atoms with Crippen LogP contribution in [-0.2, 0) is 9.53 Å². The normalized spacial score (nSPS) is 51.2. The molecule has 0 aromatic heterocycles. The minimum Gasteiger partial charge on any atom is -0.455 e. The molecular formula is C21H29FO3. The van der Waals surface area contributed by atoms with Crippen LogP contribution in [0, 0.1) is 34.5 Å². The van der Waals surface area contributed by atoms with E-state index in [1.54, 1.807) is 6.08 Å². The number of halogens is 1. The van der Waals surface area contributed by atoms with Crippen molar-refractivity contribution in [2.75, 3.05) is 0 Å². The van der Waals surface area contributed by atoms with Crippen molar-refractivity contribution in [2.24, 2.45) is 34.5 Å². The van der Waals surface area contributed by atoms with E-state index < -0.39 is 12.1 Å². The number of esters is 1. The van der Waals surface area contributed by atoms with Crippen molar-refractivity contribution < 1.29 is 19.0 Å². The van der Waals surface area contributed by atoms with Gasteiger partial charge in [-0.1, -0.05) is 26.0 Å². The molecule has 25 heavy (non-hydrogen) atoms. The van der Waals surface area contributed by atoms with Crippen LogP contribution in [0.5, 0.6) is 0 Å². The van der Waals surface area contributed by atoms with E-state index in [0.717, 1.165) is 32.1 Å². The molecule has 2 saturated carbocycles. The minimum absolute atomic E-state index is 0.0906. The monoisotopic (exact) mass is 348 g/mol. The smallest absolute Gasteiger partial charge is 0.303 e. The molecule has 0 aromatic carbocycles. The average molecular weight is 348 g/mol. The molecular weight excluding hydrogens is 319 g/mol. The lowest BCUT2D eigenvalue weighted by molar-refractivity contribution is -0.158. The van der Waals surface area contributed by atoms with E-state index in [4.69, 9.17) is 4.74 Å². The van der Waals surface area contributed by atoms with E-state index in [-0.39, 0.29) is 28.7 Å². The number of hydrogen-bond donors (Lipinski definition) is 1. The lowest BCUT2D eigenvalue weighted by Gasteiger charge is -2.58. The molecule has 1 N–H and O–H groups in total. The molecule has 0 radical (unpaired) electrons. The summed E-state index contributed by atoms with van der Waals surface area (Å²) in [6, 6.07) is 0. The molecule has 0 amide bonds. The summed E-state index contributed by atoms with van der Waals surface area (Å²) in [6.45, 7) is 5.79. The second-order valence-corrected chi connectivity index (χ2v) is 9.18. The van der Waals surface area contributed by atoms with Crippen LogP contribution in [0.1, 0.15) is 52.9 Å². The Morgan fingerprint density at radius 3 is 2.80 bits per heavy atom. The van der Waals surface area contributed by atoms with E-state index in [9.17, 15) is 14.3 Å². The highest BCUT2D eigenvalue weighted by atomic mass is 19.1. The Labute approximate surface area is 149 Å². The van der Waals surface area contributed by atoms with Crippen LogP contribution in [0.3, 0.4) is 0 Å². The predicted molar refractivity (Wildman–Crippen MR) is 93.2 cm³/mol. The first-order valence-electron chi connectivity index (χ1n) is 9.67. The van der Waals surface area contributed by atoms with Crippen molar-refractivity contribution in [2.45, 2.75) is 65.1 Å². The molecule has 0 aromatic rings. The molecule has 0 spiro atoms. The predicted octanol–water partition coefficient (Wildman–Crippen LogP) is 4.17. The van der Waals surface area contributed by atoms with Gasteiger partial charge in [-0.15, -0.1) is 0 Å². The Kier molecular flexibility index (Phi) is 3.91. The Morgan fingerprint density at radius 2 is 2.08 bits per heavy atom. The number of fused-ring (bicyclic) bond motifs is 5. The molecule has 4 rings (SSSR count). The topological polar surface area (TPSA) is 46.5 Å². The molecule has 3 nitrogen and oxygen atoms in total. The third-order valence-electron chi connectivity index (χ3n) is 7.94. The van der Waals surface area contributed by atoms with Crippen molar-refractivity contribution in [3.8, 4) is 0 Å². The van der Waals surface area contributed by atoms with Crippen LogP contribution < -0.4 is 0 Å². The molecule has 3 unspecified atom stereocenters. The van der Waals surface area contributed by atoms with E-state index >= 15 is 0 Å². The molecule has 0 heterocycles. The number of allylic oxidation sites excluding steroid dienone is 2. The maximum Gasteiger partial charge on any atom is 0.303 e. The first kappa shape index (κ1) is 17.3. The van der Waals surface area contributed by atoms with Gasteiger partial charge in [0.1, 0.15) is 5.83 Å². The number of ether oxygens (including phenoxy) is 1.